The number of carbonyl (C=O) groups excluding carboxylic acids is 2. The quantitative estimate of drug-likeness (QED) is 0.233. The third-order valence-electron chi connectivity index (χ3n) is 5.03. The van der Waals surface area contributed by atoms with E-state index in [1.165, 1.54) is 35.6 Å². The number of hydrogen-bond acceptors (Lipinski definition) is 8. The molecule has 32 heavy (non-hydrogen) atoms. The summed E-state index contributed by atoms with van der Waals surface area (Å²) in [4.78, 5) is 43.3. The molecule has 0 N–H and O–H groups in total. The van der Waals surface area contributed by atoms with Crippen LogP contribution < -0.4 is 4.90 Å². The van der Waals surface area contributed by atoms with E-state index >= 15 is 0 Å². The Hall–Kier alpha value is -3.44. The van der Waals surface area contributed by atoms with E-state index in [0.29, 0.717) is 36.8 Å². The average molecular weight is 476 g/mol. The molecule has 0 atom stereocenters. The van der Waals surface area contributed by atoms with Crippen molar-refractivity contribution in [3.8, 4) is 0 Å². The summed E-state index contributed by atoms with van der Waals surface area (Å²) in [5, 5.41) is 12.9. The molecule has 1 aromatic carbocycles. The van der Waals surface area contributed by atoms with Crippen molar-refractivity contribution in [2.24, 2.45) is 0 Å². The Morgan fingerprint density at radius 3 is 2.62 bits per heavy atom. The summed E-state index contributed by atoms with van der Waals surface area (Å²) in [5.41, 5.74) is 1.46. The van der Waals surface area contributed by atoms with Gasteiger partial charge in [-0.05, 0) is 18.2 Å². The van der Waals surface area contributed by atoms with Crippen molar-refractivity contribution >= 4 is 57.2 Å². The summed E-state index contributed by atoms with van der Waals surface area (Å²) in [6.45, 7) is 1.73. The zero-order valence-electron chi connectivity index (χ0n) is 16.7. The van der Waals surface area contributed by atoms with Gasteiger partial charge in [-0.25, -0.2) is 9.78 Å². The van der Waals surface area contributed by atoms with Crippen LogP contribution in [-0.2, 0) is 14.3 Å². The number of thiazole rings is 1. The molecule has 0 spiro atoms. The molecule has 12 heteroatoms. The summed E-state index contributed by atoms with van der Waals surface area (Å²) in [5.74, 6) is -0.929. The van der Waals surface area contributed by atoms with E-state index < -0.39 is 10.9 Å². The van der Waals surface area contributed by atoms with Crippen molar-refractivity contribution in [1.82, 2.24) is 14.3 Å². The lowest BCUT2D eigenvalue weighted by Crippen LogP contribution is -2.49. The first kappa shape index (κ1) is 21.8. The van der Waals surface area contributed by atoms with Crippen molar-refractivity contribution in [2.45, 2.75) is 0 Å². The van der Waals surface area contributed by atoms with Crippen LogP contribution in [0.3, 0.4) is 0 Å². The number of piperazine rings is 1. The SMILES string of the molecule is O=C(C=Cc1c(Cl)nc2sccn12)OCC(=O)N1CCN(c2ccc([N+](=O)[O-])cc2)CC1. The van der Waals surface area contributed by atoms with Crippen LogP contribution in [0.1, 0.15) is 5.69 Å². The molecule has 1 saturated heterocycles. The first-order valence-corrected chi connectivity index (χ1v) is 10.9. The zero-order valence-corrected chi connectivity index (χ0v) is 18.3. The van der Waals surface area contributed by atoms with Crippen LogP contribution in [0.2, 0.25) is 5.15 Å². The van der Waals surface area contributed by atoms with Gasteiger partial charge in [0.1, 0.15) is 0 Å². The van der Waals surface area contributed by atoms with E-state index in [1.807, 2.05) is 10.3 Å². The molecule has 3 heterocycles. The fourth-order valence-electron chi connectivity index (χ4n) is 3.34. The molecule has 3 aromatic rings. The number of esters is 1. The fourth-order valence-corrected chi connectivity index (χ4v) is 4.35. The number of carbonyl (C=O) groups is 2. The number of benzene rings is 1. The van der Waals surface area contributed by atoms with Crippen LogP contribution in [0.15, 0.2) is 41.9 Å². The van der Waals surface area contributed by atoms with Crippen molar-refractivity contribution in [2.75, 3.05) is 37.7 Å². The minimum atomic E-state index is -0.649. The van der Waals surface area contributed by atoms with E-state index in [9.17, 15) is 19.7 Å². The van der Waals surface area contributed by atoms with Crippen LogP contribution in [-0.4, -0.2) is 63.9 Å². The number of anilines is 1. The van der Waals surface area contributed by atoms with Gasteiger partial charge in [-0.3, -0.25) is 19.3 Å². The van der Waals surface area contributed by atoms with Gasteiger partial charge in [0.25, 0.3) is 11.6 Å². The Bertz CT molecular complexity index is 1180. The van der Waals surface area contributed by atoms with Crippen molar-refractivity contribution in [3.63, 3.8) is 0 Å². The van der Waals surface area contributed by atoms with Gasteiger partial charge >= 0.3 is 5.97 Å². The van der Waals surface area contributed by atoms with Crippen LogP contribution in [0.25, 0.3) is 11.0 Å². The second-order valence-corrected chi connectivity index (χ2v) is 8.16. The minimum absolute atomic E-state index is 0.0358. The molecular weight excluding hydrogens is 458 g/mol. The van der Waals surface area contributed by atoms with Crippen LogP contribution >= 0.6 is 22.9 Å². The standard InChI is InChI=1S/C20H18ClN5O5S/c21-19-16(25-11-12-32-20(25)22-19)5-6-18(28)31-13-17(27)24-9-7-23(8-10-24)14-1-3-15(4-2-14)26(29)30/h1-6,11-12H,7-10,13H2. The van der Waals surface area contributed by atoms with Gasteiger partial charge in [-0.15, -0.1) is 11.3 Å². The fraction of sp³-hybridized carbons (Fsp3) is 0.250. The van der Waals surface area contributed by atoms with Crippen molar-refractivity contribution in [1.29, 1.82) is 0 Å². The molecule has 0 aliphatic carbocycles. The maximum atomic E-state index is 12.4. The highest BCUT2D eigenvalue weighted by Crippen LogP contribution is 2.23. The Balaban J connectivity index is 1.25. The third kappa shape index (κ3) is 4.73. The van der Waals surface area contributed by atoms with Crippen LogP contribution in [0.5, 0.6) is 0 Å². The van der Waals surface area contributed by atoms with Crippen molar-refractivity contribution in [3.05, 3.63) is 62.9 Å². The summed E-state index contributed by atoms with van der Waals surface area (Å²) in [6, 6.07) is 6.31. The number of halogens is 1. The summed E-state index contributed by atoms with van der Waals surface area (Å²) in [7, 11) is 0. The van der Waals surface area contributed by atoms with Gasteiger partial charge in [0, 0.05) is 61.7 Å². The molecule has 1 aliphatic rings. The zero-order chi connectivity index (χ0) is 22.7. The first-order valence-electron chi connectivity index (χ1n) is 9.65. The van der Waals surface area contributed by atoms with E-state index in [2.05, 4.69) is 4.98 Å². The Kier molecular flexibility index (Phi) is 6.37. The largest absolute Gasteiger partial charge is 0.452 e. The lowest BCUT2D eigenvalue weighted by molar-refractivity contribution is -0.384. The van der Waals surface area contributed by atoms with Gasteiger partial charge in [0.05, 0.1) is 10.6 Å². The molecule has 4 rings (SSSR count). The highest BCUT2D eigenvalue weighted by atomic mass is 35.5. The number of nitro groups is 1. The van der Waals surface area contributed by atoms with Gasteiger partial charge in [0.2, 0.25) is 0 Å². The summed E-state index contributed by atoms with van der Waals surface area (Å²) >= 11 is 7.50. The number of hydrogen-bond donors (Lipinski definition) is 0. The van der Waals surface area contributed by atoms with E-state index in [-0.39, 0.29) is 23.4 Å². The van der Waals surface area contributed by atoms with Crippen LogP contribution in [0.4, 0.5) is 11.4 Å². The molecule has 0 saturated carbocycles. The van der Waals surface area contributed by atoms with Gasteiger partial charge in [0.15, 0.2) is 16.7 Å². The first-order chi connectivity index (χ1) is 15.4. The number of imidazole rings is 1. The Morgan fingerprint density at radius 2 is 1.94 bits per heavy atom. The van der Waals surface area contributed by atoms with E-state index in [1.54, 1.807) is 27.6 Å². The third-order valence-corrected chi connectivity index (χ3v) is 6.06. The monoisotopic (exact) mass is 475 g/mol. The molecule has 1 amide bonds. The summed E-state index contributed by atoms with van der Waals surface area (Å²) < 4.78 is 6.83. The normalized spacial score (nSPS) is 14.3. The smallest absolute Gasteiger partial charge is 0.331 e. The number of nitro benzene ring substituents is 1. The molecule has 0 radical (unpaired) electrons. The maximum absolute atomic E-state index is 12.4. The highest BCUT2D eigenvalue weighted by Gasteiger charge is 2.22. The molecule has 0 unspecified atom stereocenters. The van der Waals surface area contributed by atoms with Gasteiger partial charge < -0.3 is 14.5 Å². The van der Waals surface area contributed by atoms with E-state index in [0.717, 1.165) is 5.69 Å². The van der Waals surface area contributed by atoms with Crippen molar-refractivity contribution < 1.29 is 19.2 Å². The molecule has 10 nitrogen and oxygen atoms in total. The molecule has 1 fully saturated rings. The Morgan fingerprint density at radius 1 is 1.22 bits per heavy atom. The lowest BCUT2D eigenvalue weighted by Gasteiger charge is -2.36. The predicted octanol–water partition coefficient (Wildman–Crippen LogP) is 2.86. The maximum Gasteiger partial charge on any atom is 0.331 e. The number of rotatable bonds is 6. The minimum Gasteiger partial charge on any atom is -0.452 e. The predicted molar refractivity (Wildman–Crippen MR) is 120 cm³/mol. The number of amides is 1. The number of aromatic nitrogens is 2. The van der Waals surface area contributed by atoms with E-state index in [4.69, 9.17) is 16.3 Å². The molecular formula is C20H18ClN5O5S. The molecule has 2 aromatic heterocycles. The topological polar surface area (TPSA) is 110 Å². The second kappa shape index (κ2) is 9.37. The van der Waals surface area contributed by atoms with Gasteiger partial charge in [-0.2, -0.15) is 0 Å². The van der Waals surface area contributed by atoms with Gasteiger partial charge in [-0.1, -0.05) is 11.6 Å². The lowest BCUT2D eigenvalue weighted by atomic mass is 10.2. The number of ether oxygens (including phenoxy) is 1. The molecule has 166 valence electrons. The number of fused-ring (bicyclic) bond motifs is 1. The Labute approximate surface area is 191 Å². The number of nitrogens with zero attached hydrogens (tertiary/aromatic N) is 5. The second-order valence-electron chi connectivity index (χ2n) is 6.93. The highest BCUT2D eigenvalue weighted by molar-refractivity contribution is 7.15. The molecule has 0 bridgehead atoms. The average Bonchev–Trinajstić information content (AvgIpc) is 3.36. The number of non-ortho nitro benzene ring substituents is 1. The van der Waals surface area contributed by atoms with Crippen LogP contribution in [0, 0.1) is 10.1 Å². The molecule has 1 aliphatic heterocycles. The summed E-state index contributed by atoms with van der Waals surface area (Å²) in [6.07, 6.45) is 4.52.